The van der Waals surface area contributed by atoms with E-state index in [0.717, 1.165) is 11.3 Å². The Morgan fingerprint density at radius 3 is 2.71 bits per heavy atom. The fourth-order valence-corrected chi connectivity index (χ4v) is 3.30. The molecular weight excluding hydrogens is 380 g/mol. The van der Waals surface area contributed by atoms with E-state index in [4.69, 9.17) is 11.6 Å². The summed E-state index contributed by atoms with van der Waals surface area (Å²) in [5.41, 5.74) is 3.42. The maximum atomic E-state index is 10.1. The Morgan fingerprint density at radius 2 is 1.89 bits per heavy atom. The fourth-order valence-electron chi connectivity index (χ4n) is 3.13. The van der Waals surface area contributed by atoms with Crippen LogP contribution in [0.3, 0.4) is 0 Å². The fraction of sp³-hybridized carbons (Fsp3) is 0.0526. The van der Waals surface area contributed by atoms with Crippen molar-refractivity contribution in [1.82, 2.24) is 29.4 Å². The summed E-state index contributed by atoms with van der Waals surface area (Å²) in [5, 5.41) is 29.7. The zero-order valence-electron chi connectivity index (χ0n) is 14.6. The summed E-state index contributed by atoms with van der Waals surface area (Å²) in [6.07, 6.45) is 3.22. The molecule has 0 unspecified atom stereocenters. The molecule has 0 radical (unpaired) electrons. The van der Waals surface area contributed by atoms with E-state index in [0.29, 0.717) is 33.1 Å². The van der Waals surface area contributed by atoms with E-state index in [1.54, 1.807) is 23.3 Å². The first kappa shape index (κ1) is 16.5. The monoisotopic (exact) mass is 392 g/mol. The standard InChI is InChI=1S/C19H13ClN6O2/c1-10-2-3-11(20)6-15(10)26-18-14(8-22-26)19-23-17(24-25(19)9-21-18)13-5-4-12(27)7-16(13)28/h2-9,27-28H,1H3. The molecule has 2 N–H and O–H groups in total. The summed E-state index contributed by atoms with van der Waals surface area (Å²) < 4.78 is 3.24. The minimum absolute atomic E-state index is 0.0350. The van der Waals surface area contributed by atoms with Gasteiger partial charge in [0.05, 0.1) is 22.8 Å². The predicted octanol–water partition coefficient (Wildman–Crippen LogP) is 3.50. The molecule has 2 aromatic carbocycles. The lowest BCUT2D eigenvalue weighted by molar-refractivity contribution is 0.451. The molecule has 138 valence electrons. The highest BCUT2D eigenvalue weighted by Gasteiger charge is 2.17. The molecule has 5 rings (SSSR count). The average Bonchev–Trinajstić information content (AvgIpc) is 3.27. The van der Waals surface area contributed by atoms with Crippen molar-refractivity contribution in [2.75, 3.05) is 0 Å². The van der Waals surface area contributed by atoms with Crippen molar-refractivity contribution in [3.63, 3.8) is 0 Å². The Bertz CT molecular complexity index is 1370. The number of nitrogens with zero attached hydrogens (tertiary/aromatic N) is 6. The Morgan fingerprint density at radius 1 is 1.04 bits per heavy atom. The summed E-state index contributed by atoms with van der Waals surface area (Å²) in [6, 6.07) is 9.85. The molecule has 3 heterocycles. The summed E-state index contributed by atoms with van der Waals surface area (Å²) in [5.74, 6) is 0.177. The number of aryl methyl sites for hydroxylation is 1. The van der Waals surface area contributed by atoms with Gasteiger partial charge in [-0.05, 0) is 36.8 Å². The quantitative estimate of drug-likeness (QED) is 0.476. The van der Waals surface area contributed by atoms with Gasteiger partial charge in [-0.3, -0.25) is 0 Å². The zero-order valence-corrected chi connectivity index (χ0v) is 15.3. The van der Waals surface area contributed by atoms with Gasteiger partial charge in [-0.15, -0.1) is 5.10 Å². The predicted molar refractivity (Wildman–Crippen MR) is 104 cm³/mol. The van der Waals surface area contributed by atoms with E-state index >= 15 is 0 Å². The van der Waals surface area contributed by atoms with Crippen molar-refractivity contribution in [2.24, 2.45) is 0 Å². The molecule has 0 spiro atoms. The third kappa shape index (κ3) is 2.46. The van der Waals surface area contributed by atoms with Gasteiger partial charge in [-0.1, -0.05) is 17.7 Å². The van der Waals surface area contributed by atoms with Crippen LogP contribution in [-0.2, 0) is 0 Å². The van der Waals surface area contributed by atoms with E-state index in [9.17, 15) is 10.2 Å². The number of hydrogen-bond donors (Lipinski definition) is 2. The first-order valence-corrected chi connectivity index (χ1v) is 8.77. The molecule has 0 aliphatic heterocycles. The highest BCUT2D eigenvalue weighted by molar-refractivity contribution is 6.30. The Balaban J connectivity index is 1.72. The van der Waals surface area contributed by atoms with Gasteiger partial charge in [0.2, 0.25) is 0 Å². The second kappa shape index (κ2) is 5.93. The van der Waals surface area contributed by atoms with Crippen LogP contribution in [0.15, 0.2) is 48.9 Å². The van der Waals surface area contributed by atoms with E-state index in [-0.39, 0.29) is 11.5 Å². The van der Waals surface area contributed by atoms with E-state index < -0.39 is 0 Å². The molecule has 9 heteroatoms. The molecule has 0 bridgehead atoms. The van der Waals surface area contributed by atoms with Crippen molar-refractivity contribution in [1.29, 1.82) is 0 Å². The van der Waals surface area contributed by atoms with Gasteiger partial charge in [-0.25, -0.2) is 19.2 Å². The van der Waals surface area contributed by atoms with Crippen LogP contribution < -0.4 is 0 Å². The normalized spacial score (nSPS) is 11.5. The lowest BCUT2D eigenvalue weighted by Crippen LogP contribution is -2.01. The van der Waals surface area contributed by atoms with Gasteiger partial charge >= 0.3 is 0 Å². The van der Waals surface area contributed by atoms with Crippen LogP contribution in [0.25, 0.3) is 33.8 Å². The molecule has 0 fully saturated rings. The second-order valence-electron chi connectivity index (χ2n) is 6.37. The summed E-state index contributed by atoms with van der Waals surface area (Å²) in [4.78, 5) is 9.01. The van der Waals surface area contributed by atoms with Crippen LogP contribution in [0.5, 0.6) is 11.5 Å². The Kier molecular flexibility index (Phi) is 3.50. The van der Waals surface area contributed by atoms with Gasteiger partial charge < -0.3 is 10.2 Å². The van der Waals surface area contributed by atoms with E-state index in [2.05, 4.69) is 20.2 Å². The number of rotatable bonds is 2. The Hall–Kier alpha value is -3.65. The summed E-state index contributed by atoms with van der Waals surface area (Å²) >= 11 is 6.15. The van der Waals surface area contributed by atoms with Crippen molar-refractivity contribution < 1.29 is 10.2 Å². The van der Waals surface area contributed by atoms with E-state index in [1.165, 1.54) is 16.6 Å². The topological polar surface area (TPSA) is 101 Å². The lowest BCUT2D eigenvalue weighted by Gasteiger charge is -2.07. The number of halogens is 1. The molecule has 0 aliphatic rings. The lowest BCUT2D eigenvalue weighted by atomic mass is 10.2. The van der Waals surface area contributed by atoms with Crippen LogP contribution >= 0.6 is 11.6 Å². The van der Waals surface area contributed by atoms with Crippen LogP contribution in [0.2, 0.25) is 5.02 Å². The highest BCUT2D eigenvalue weighted by atomic mass is 35.5. The average molecular weight is 393 g/mol. The van der Waals surface area contributed by atoms with Crippen LogP contribution in [0, 0.1) is 6.92 Å². The molecule has 8 nitrogen and oxygen atoms in total. The number of aromatic nitrogens is 6. The van der Waals surface area contributed by atoms with Gasteiger partial charge in [0.15, 0.2) is 17.1 Å². The maximum absolute atomic E-state index is 10.1. The number of hydrogen-bond acceptors (Lipinski definition) is 6. The first-order chi connectivity index (χ1) is 13.5. The molecular formula is C19H13ClN6O2. The number of phenolic OH excluding ortho intramolecular Hbond substituents is 2. The van der Waals surface area contributed by atoms with Crippen LogP contribution in [0.4, 0.5) is 0 Å². The van der Waals surface area contributed by atoms with Crippen molar-refractivity contribution in [3.8, 4) is 28.6 Å². The third-order valence-electron chi connectivity index (χ3n) is 4.53. The Labute approximate surface area is 163 Å². The second-order valence-corrected chi connectivity index (χ2v) is 6.81. The molecule has 5 aromatic rings. The number of phenols is 2. The zero-order chi connectivity index (χ0) is 19.4. The largest absolute Gasteiger partial charge is 0.508 e. The summed E-state index contributed by atoms with van der Waals surface area (Å²) in [7, 11) is 0. The van der Waals surface area contributed by atoms with Crippen LogP contribution in [0.1, 0.15) is 5.56 Å². The van der Waals surface area contributed by atoms with Gasteiger partial charge in [0.1, 0.15) is 17.8 Å². The van der Waals surface area contributed by atoms with Gasteiger partial charge in [0, 0.05) is 11.1 Å². The van der Waals surface area contributed by atoms with Crippen molar-refractivity contribution in [2.45, 2.75) is 6.92 Å². The number of benzene rings is 2. The van der Waals surface area contributed by atoms with Gasteiger partial charge in [-0.2, -0.15) is 5.10 Å². The highest BCUT2D eigenvalue weighted by Crippen LogP contribution is 2.31. The van der Waals surface area contributed by atoms with Crippen molar-refractivity contribution >= 4 is 28.3 Å². The van der Waals surface area contributed by atoms with Crippen LogP contribution in [-0.4, -0.2) is 39.6 Å². The number of aromatic hydroxyl groups is 2. The molecule has 0 saturated heterocycles. The minimum Gasteiger partial charge on any atom is -0.508 e. The summed E-state index contributed by atoms with van der Waals surface area (Å²) in [6.45, 7) is 1.97. The third-order valence-corrected chi connectivity index (χ3v) is 4.76. The first-order valence-electron chi connectivity index (χ1n) is 8.39. The molecule has 0 amide bonds. The maximum Gasteiger partial charge on any atom is 0.185 e. The van der Waals surface area contributed by atoms with E-state index in [1.807, 2.05) is 25.1 Å². The number of fused-ring (bicyclic) bond motifs is 3. The smallest absolute Gasteiger partial charge is 0.185 e. The molecule has 0 saturated carbocycles. The SMILES string of the molecule is Cc1ccc(Cl)cc1-n1ncc2c1ncn1nc(-c3ccc(O)cc3O)nc21. The molecule has 0 aliphatic carbocycles. The van der Waals surface area contributed by atoms with Gasteiger partial charge in [0.25, 0.3) is 0 Å². The molecule has 28 heavy (non-hydrogen) atoms. The molecule has 3 aromatic heterocycles. The minimum atomic E-state index is -0.106. The van der Waals surface area contributed by atoms with Crippen molar-refractivity contribution in [3.05, 3.63) is 59.5 Å². The molecule has 0 atom stereocenters.